The number of hydrogen-bond acceptors (Lipinski definition) is 4. The monoisotopic (exact) mass is 316 g/mol. The van der Waals surface area contributed by atoms with Crippen LogP contribution in [0.15, 0.2) is 0 Å². The first-order chi connectivity index (χ1) is 9.76. The van der Waals surface area contributed by atoms with E-state index in [0.717, 1.165) is 6.42 Å². The van der Waals surface area contributed by atoms with Crippen LogP contribution < -0.4 is 5.32 Å². The Bertz CT molecular complexity index is 529. The zero-order valence-electron chi connectivity index (χ0n) is 12.8. The molecule has 3 unspecified atom stereocenters. The highest BCUT2D eigenvalue weighted by Gasteiger charge is 2.47. The van der Waals surface area contributed by atoms with E-state index in [1.54, 1.807) is 4.90 Å². The fourth-order valence-corrected chi connectivity index (χ4v) is 4.98. The van der Waals surface area contributed by atoms with E-state index in [-0.39, 0.29) is 35.3 Å². The molecule has 120 valence electrons. The van der Waals surface area contributed by atoms with Gasteiger partial charge in [0.1, 0.15) is 12.1 Å². The molecule has 2 rings (SSSR count). The largest absolute Gasteiger partial charge is 0.342 e. The van der Waals surface area contributed by atoms with Crippen LogP contribution in [0.4, 0.5) is 0 Å². The molecule has 2 fully saturated rings. The third-order valence-electron chi connectivity index (χ3n) is 4.25. The van der Waals surface area contributed by atoms with Gasteiger partial charge in [-0.15, -0.1) is 0 Å². The van der Waals surface area contributed by atoms with Crippen LogP contribution in [-0.2, 0) is 19.4 Å². The minimum Gasteiger partial charge on any atom is -0.342 e. The van der Waals surface area contributed by atoms with Gasteiger partial charge in [0.15, 0.2) is 9.84 Å². The first-order valence-corrected chi connectivity index (χ1v) is 9.42. The van der Waals surface area contributed by atoms with Gasteiger partial charge < -0.3 is 10.2 Å². The van der Waals surface area contributed by atoms with Crippen LogP contribution in [-0.4, -0.2) is 54.8 Å². The van der Waals surface area contributed by atoms with Crippen molar-refractivity contribution in [2.45, 2.75) is 58.2 Å². The molecular formula is C14H24N2O4S. The van der Waals surface area contributed by atoms with Crippen LogP contribution in [0, 0.1) is 5.92 Å². The molecule has 0 aromatic rings. The molecule has 0 aromatic carbocycles. The number of nitrogens with zero attached hydrogens (tertiary/aromatic N) is 1. The Balaban J connectivity index is 2.30. The molecule has 2 amide bonds. The quantitative estimate of drug-likeness (QED) is 0.810. The lowest BCUT2D eigenvalue weighted by Gasteiger charge is -2.43. The van der Waals surface area contributed by atoms with E-state index in [4.69, 9.17) is 0 Å². The Morgan fingerprint density at radius 2 is 2.00 bits per heavy atom. The summed E-state index contributed by atoms with van der Waals surface area (Å²) in [6.45, 7) is 5.72. The van der Waals surface area contributed by atoms with Gasteiger partial charge >= 0.3 is 0 Å². The second-order valence-electron chi connectivity index (χ2n) is 6.34. The molecule has 0 aliphatic carbocycles. The summed E-state index contributed by atoms with van der Waals surface area (Å²) >= 11 is 0. The average Bonchev–Trinajstić information content (AvgIpc) is 2.73. The van der Waals surface area contributed by atoms with Crippen LogP contribution in [0.5, 0.6) is 0 Å². The number of nitrogens with one attached hydrogen (secondary N) is 1. The van der Waals surface area contributed by atoms with Gasteiger partial charge in [-0.25, -0.2) is 8.42 Å². The second-order valence-corrected chi connectivity index (χ2v) is 8.57. The van der Waals surface area contributed by atoms with Crippen molar-refractivity contribution < 1.29 is 18.0 Å². The first-order valence-electron chi connectivity index (χ1n) is 7.59. The Hall–Kier alpha value is -1.11. The zero-order chi connectivity index (χ0) is 15.8. The molecule has 0 bridgehead atoms. The lowest BCUT2D eigenvalue weighted by atomic mass is 9.93. The van der Waals surface area contributed by atoms with Gasteiger partial charge in [0.05, 0.1) is 11.5 Å². The molecule has 2 aliphatic rings. The summed E-state index contributed by atoms with van der Waals surface area (Å²) in [5.74, 6) is -0.245. The number of piperazine rings is 1. The van der Waals surface area contributed by atoms with E-state index in [0.29, 0.717) is 12.8 Å². The van der Waals surface area contributed by atoms with Crippen molar-refractivity contribution in [3.05, 3.63) is 0 Å². The van der Waals surface area contributed by atoms with E-state index in [1.165, 1.54) is 0 Å². The minimum atomic E-state index is -3.09. The molecule has 7 heteroatoms. The molecule has 0 aromatic heterocycles. The van der Waals surface area contributed by atoms with Crippen LogP contribution in [0.2, 0.25) is 0 Å². The Morgan fingerprint density at radius 1 is 1.33 bits per heavy atom. The van der Waals surface area contributed by atoms with Crippen LogP contribution >= 0.6 is 0 Å². The highest BCUT2D eigenvalue weighted by Crippen LogP contribution is 2.27. The van der Waals surface area contributed by atoms with Crippen LogP contribution in [0.25, 0.3) is 0 Å². The average molecular weight is 316 g/mol. The van der Waals surface area contributed by atoms with Gasteiger partial charge in [0.2, 0.25) is 11.8 Å². The fourth-order valence-electron chi connectivity index (χ4n) is 3.27. The molecule has 0 saturated carbocycles. The Kier molecular flexibility index (Phi) is 4.60. The molecule has 6 nitrogen and oxygen atoms in total. The van der Waals surface area contributed by atoms with E-state index < -0.39 is 21.9 Å². The van der Waals surface area contributed by atoms with Gasteiger partial charge in [0, 0.05) is 6.04 Å². The maximum Gasteiger partial charge on any atom is 0.246 e. The third kappa shape index (κ3) is 3.22. The highest BCUT2D eigenvalue weighted by atomic mass is 32.2. The lowest BCUT2D eigenvalue weighted by molar-refractivity contribution is -0.153. The predicted molar refractivity (Wildman–Crippen MR) is 79.4 cm³/mol. The maximum absolute atomic E-state index is 12.7. The molecule has 0 spiro atoms. The lowest BCUT2D eigenvalue weighted by Crippen LogP contribution is -2.67. The third-order valence-corrected chi connectivity index (χ3v) is 6.00. The SMILES string of the molecule is CCCC1NC(=O)C(C(C)C)N(C2CCS(=O)(=O)C2)C1=O. The molecule has 2 saturated heterocycles. The number of amides is 2. The van der Waals surface area contributed by atoms with Gasteiger partial charge in [-0.1, -0.05) is 27.2 Å². The van der Waals surface area contributed by atoms with Crippen LogP contribution in [0.3, 0.4) is 0 Å². The van der Waals surface area contributed by atoms with Gasteiger partial charge in [-0.3, -0.25) is 9.59 Å². The molecule has 0 radical (unpaired) electrons. The number of rotatable bonds is 4. The Labute approximate surface area is 126 Å². The van der Waals surface area contributed by atoms with E-state index >= 15 is 0 Å². The van der Waals surface area contributed by atoms with Gasteiger partial charge in [-0.05, 0) is 18.8 Å². The van der Waals surface area contributed by atoms with E-state index in [2.05, 4.69) is 5.32 Å². The number of hydrogen-bond donors (Lipinski definition) is 1. The summed E-state index contributed by atoms with van der Waals surface area (Å²) in [7, 11) is -3.09. The molecule has 3 atom stereocenters. The molecule has 21 heavy (non-hydrogen) atoms. The summed E-state index contributed by atoms with van der Waals surface area (Å²) in [6.07, 6.45) is 1.81. The van der Waals surface area contributed by atoms with Crippen molar-refractivity contribution in [3.8, 4) is 0 Å². The van der Waals surface area contributed by atoms with Crippen molar-refractivity contribution in [2.24, 2.45) is 5.92 Å². The van der Waals surface area contributed by atoms with Crippen molar-refractivity contribution in [1.82, 2.24) is 10.2 Å². The summed E-state index contributed by atoms with van der Waals surface area (Å²) < 4.78 is 23.4. The van der Waals surface area contributed by atoms with Gasteiger partial charge in [-0.2, -0.15) is 0 Å². The zero-order valence-corrected chi connectivity index (χ0v) is 13.6. The minimum absolute atomic E-state index is 0.0198. The predicted octanol–water partition coefficient (Wildman–Crippen LogP) is 0.325. The Morgan fingerprint density at radius 3 is 2.48 bits per heavy atom. The molecule has 2 aliphatic heterocycles. The van der Waals surface area contributed by atoms with Crippen molar-refractivity contribution in [2.75, 3.05) is 11.5 Å². The summed E-state index contributed by atoms with van der Waals surface area (Å²) in [4.78, 5) is 26.6. The standard InChI is InChI=1S/C14H24N2O4S/c1-4-5-11-14(18)16(10-6-7-21(19,20)8-10)12(9(2)3)13(17)15-11/h9-12H,4-8H2,1-3H3,(H,15,17). The molecular weight excluding hydrogens is 292 g/mol. The van der Waals surface area contributed by atoms with Crippen LogP contribution in [0.1, 0.15) is 40.0 Å². The molecule has 2 heterocycles. The van der Waals surface area contributed by atoms with Gasteiger partial charge in [0.25, 0.3) is 0 Å². The van der Waals surface area contributed by atoms with Crippen molar-refractivity contribution in [3.63, 3.8) is 0 Å². The highest BCUT2D eigenvalue weighted by molar-refractivity contribution is 7.91. The van der Waals surface area contributed by atoms with E-state index in [1.807, 2.05) is 20.8 Å². The maximum atomic E-state index is 12.7. The number of carbonyl (C=O) groups excluding carboxylic acids is 2. The normalized spacial score (nSPS) is 32.6. The smallest absolute Gasteiger partial charge is 0.246 e. The summed E-state index contributed by atoms with van der Waals surface area (Å²) in [5.41, 5.74) is 0. The summed E-state index contributed by atoms with van der Waals surface area (Å²) in [5, 5.41) is 2.79. The number of sulfone groups is 1. The summed E-state index contributed by atoms with van der Waals surface area (Å²) in [6, 6.07) is -1.44. The second kappa shape index (κ2) is 5.94. The fraction of sp³-hybridized carbons (Fsp3) is 0.857. The van der Waals surface area contributed by atoms with E-state index in [9.17, 15) is 18.0 Å². The first kappa shape index (κ1) is 16.3. The molecule has 1 N–H and O–H groups in total. The number of carbonyl (C=O) groups is 2. The topological polar surface area (TPSA) is 83.6 Å². The van der Waals surface area contributed by atoms with Crippen molar-refractivity contribution >= 4 is 21.7 Å². The van der Waals surface area contributed by atoms with Crippen molar-refractivity contribution in [1.29, 1.82) is 0 Å².